The second-order valence-electron chi connectivity index (χ2n) is 6.30. The number of esters is 1. The van der Waals surface area contributed by atoms with Crippen LogP contribution in [0, 0.1) is 0 Å². The van der Waals surface area contributed by atoms with Crippen LogP contribution in [0.2, 0.25) is 0 Å². The van der Waals surface area contributed by atoms with Crippen LogP contribution in [0.3, 0.4) is 0 Å². The number of methoxy groups -OCH3 is 1. The molecule has 1 aliphatic carbocycles. The third-order valence-corrected chi connectivity index (χ3v) is 4.70. The third-order valence-electron chi connectivity index (χ3n) is 4.70. The molecule has 5 heteroatoms. The van der Waals surface area contributed by atoms with E-state index in [0.717, 1.165) is 38.6 Å². The van der Waals surface area contributed by atoms with Crippen molar-refractivity contribution in [3.63, 3.8) is 0 Å². The number of hydrogen-bond acceptors (Lipinski definition) is 4. The summed E-state index contributed by atoms with van der Waals surface area (Å²) in [5, 5.41) is 3.16. The third kappa shape index (κ3) is 5.30. The van der Waals surface area contributed by atoms with E-state index in [-0.39, 0.29) is 17.9 Å². The van der Waals surface area contributed by atoms with Crippen LogP contribution in [0.15, 0.2) is 0 Å². The van der Waals surface area contributed by atoms with Crippen LogP contribution < -0.4 is 5.32 Å². The summed E-state index contributed by atoms with van der Waals surface area (Å²) in [6.07, 6.45) is 9.56. The van der Waals surface area contributed by atoms with E-state index in [1.807, 2.05) is 0 Å². The predicted octanol–water partition coefficient (Wildman–Crippen LogP) is 1.85. The standard InChI is InChI=1S/C16H28N2O3/c1-21-16(20)11-14-9-5-6-10-18(14)12-15(19)17-13-7-3-2-4-8-13/h13-14H,2-12H2,1H3,(H,17,19). The van der Waals surface area contributed by atoms with Gasteiger partial charge in [0.15, 0.2) is 0 Å². The van der Waals surface area contributed by atoms with Gasteiger partial charge in [0.2, 0.25) is 5.91 Å². The molecule has 1 N–H and O–H groups in total. The number of rotatable bonds is 5. The van der Waals surface area contributed by atoms with Crippen LogP contribution in [0.25, 0.3) is 0 Å². The highest BCUT2D eigenvalue weighted by Crippen LogP contribution is 2.20. The number of piperidine rings is 1. The summed E-state index contributed by atoms with van der Waals surface area (Å²) in [6, 6.07) is 0.512. The van der Waals surface area contributed by atoms with Crippen LogP contribution in [0.1, 0.15) is 57.8 Å². The van der Waals surface area contributed by atoms with Crippen molar-refractivity contribution in [1.29, 1.82) is 0 Å². The van der Waals surface area contributed by atoms with Crippen LogP contribution in [-0.2, 0) is 14.3 Å². The van der Waals surface area contributed by atoms with Crippen LogP contribution in [0.4, 0.5) is 0 Å². The van der Waals surface area contributed by atoms with Gasteiger partial charge in [0.05, 0.1) is 20.1 Å². The molecule has 5 nitrogen and oxygen atoms in total. The molecular weight excluding hydrogens is 268 g/mol. The number of carbonyl (C=O) groups is 2. The molecule has 0 bridgehead atoms. The van der Waals surface area contributed by atoms with Gasteiger partial charge in [0.1, 0.15) is 0 Å². The molecule has 0 aromatic heterocycles. The lowest BCUT2D eigenvalue weighted by atomic mass is 9.95. The van der Waals surface area contributed by atoms with E-state index in [1.165, 1.54) is 26.4 Å². The lowest BCUT2D eigenvalue weighted by Crippen LogP contribution is -2.48. The Morgan fingerprint density at radius 2 is 1.81 bits per heavy atom. The maximum Gasteiger partial charge on any atom is 0.307 e. The molecule has 0 aromatic carbocycles. The highest BCUT2D eigenvalue weighted by molar-refractivity contribution is 5.78. The molecule has 120 valence electrons. The number of carbonyl (C=O) groups excluding carboxylic acids is 2. The Hall–Kier alpha value is -1.10. The smallest absolute Gasteiger partial charge is 0.307 e. The summed E-state index contributed by atoms with van der Waals surface area (Å²) in [4.78, 5) is 25.8. The molecular formula is C16H28N2O3. The summed E-state index contributed by atoms with van der Waals surface area (Å²) in [5.41, 5.74) is 0. The van der Waals surface area contributed by atoms with Crippen molar-refractivity contribution in [3.8, 4) is 0 Å². The Morgan fingerprint density at radius 1 is 1.10 bits per heavy atom. The Kier molecular flexibility index (Phi) is 6.49. The molecule has 1 aliphatic heterocycles. The largest absolute Gasteiger partial charge is 0.469 e. The monoisotopic (exact) mass is 296 g/mol. The normalized spacial score (nSPS) is 24.5. The highest BCUT2D eigenvalue weighted by atomic mass is 16.5. The minimum Gasteiger partial charge on any atom is -0.469 e. The second kappa shape index (κ2) is 8.37. The molecule has 1 saturated carbocycles. The molecule has 2 rings (SSSR count). The van der Waals surface area contributed by atoms with E-state index >= 15 is 0 Å². The van der Waals surface area contributed by atoms with Gasteiger partial charge in [-0.05, 0) is 32.2 Å². The summed E-state index contributed by atoms with van der Waals surface area (Å²) >= 11 is 0. The van der Waals surface area contributed by atoms with Crippen molar-refractivity contribution < 1.29 is 14.3 Å². The predicted molar refractivity (Wildman–Crippen MR) is 80.9 cm³/mol. The molecule has 0 spiro atoms. The Bertz CT molecular complexity index is 353. The Labute approximate surface area is 127 Å². The van der Waals surface area contributed by atoms with E-state index in [1.54, 1.807) is 0 Å². The maximum absolute atomic E-state index is 12.2. The number of ether oxygens (including phenoxy) is 1. The van der Waals surface area contributed by atoms with Gasteiger partial charge >= 0.3 is 5.97 Å². The lowest BCUT2D eigenvalue weighted by Gasteiger charge is -2.35. The first-order valence-corrected chi connectivity index (χ1v) is 8.29. The topological polar surface area (TPSA) is 58.6 Å². The molecule has 1 amide bonds. The second-order valence-corrected chi connectivity index (χ2v) is 6.30. The number of nitrogens with one attached hydrogen (secondary N) is 1. The van der Waals surface area contributed by atoms with Crippen LogP contribution in [0.5, 0.6) is 0 Å². The molecule has 1 heterocycles. The average molecular weight is 296 g/mol. The summed E-state index contributed by atoms with van der Waals surface area (Å²) < 4.78 is 4.76. The zero-order chi connectivity index (χ0) is 15.1. The first-order chi connectivity index (χ1) is 10.2. The number of hydrogen-bond donors (Lipinski definition) is 1. The first-order valence-electron chi connectivity index (χ1n) is 8.29. The fourth-order valence-corrected chi connectivity index (χ4v) is 3.48. The molecule has 1 unspecified atom stereocenters. The minimum absolute atomic E-state index is 0.110. The SMILES string of the molecule is COC(=O)CC1CCCCN1CC(=O)NC1CCCCC1. The van der Waals surface area contributed by atoms with Gasteiger partial charge in [-0.15, -0.1) is 0 Å². The molecule has 0 radical (unpaired) electrons. The first kappa shape index (κ1) is 16.3. The summed E-state index contributed by atoms with van der Waals surface area (Å²) in [6.45, 7) is 1.32. The number of likely N-dealkylation sites (tertiary alicyclic amines) is 1. The Balaban J connectivity index is 1.80. The van der Waals surface area contributed by atoms with Gasteiger partial charge < -0.3 is 10.1 Å². The molecule has 1 atom stereocenters. The summed E-state index contributed by atoms with van der Waals surface area (Å²) in [5.74, 6) is -0.0711. The zero-order valence-corrected chi connectivity index (χ0v) is 13.1. The van der Waals surface area contributed by atoms with Crippen molar-refractivity contribution >= 4 is 11.9 Å². The molecule has 21 heavy (non-hydrogen) atoms. The van der Waals surface area contributed by atoms with Crippen LogP contribution >= 0.6 is 0 Å². The zero-order valence-electron chi connectivity index (χ0n) is 13.1. The number of nitrogens with zero attached hydrogens (tertiary/aromatic N) is 1. The number of amides is 1. The Morgan fingerprint density at radius 3 is 2.52 bits per heavy atom. The quantitative estimate of drug-likeness (QED) is 0.787. The minimum atomic E-state index is -0.181. The fourth-order valence-electron chi connectivity index (χ4n) is 3.48. The van der Waals surface area contributed by atoms with Gasteiger partial charge in [-0.25, -0.2) is 0 Å². The highest BCUT2D eigenvalue weighted by Gasteiger charge is 2.27. The molecule has 0 aromatic rings. The van der Waals surface area contributed by atoms with E-state index < -0.39 is 0 Å². The van der Waals surface area contributed by atoms with Crippen molar-refractivity contribution in [2.24, 2.45) is 0 Å². The average Bonchev–Trinajstić information content (AvgIpc) is 2.50. The fraction of sp³-hybridized carbons (Fsp3) is 0.875. The molecule has 2 aliphatic rings. The van der Waals surface area contributed by atoms with Crippen molar-refractivity contribution in [3.05, 3.63) is 0 Å². The maximum atomic E-state index is 12.2. The molecule has 1 saturated heterocycles. The van der Waals surface area contributed by atoms with E-state index in [0.29, 0.717) is 19.0 Å². The van der Waals surface area contributed by atoms with Gasteiger partial charge in [0, 0.05) is 12.1 Å². The van der Waals surface area contributed by atoms with Crippen molar-refractivity contribution in [1.82, 2.24) is 10.2 Å². The van der Waals surface area contributed by atoms with Crippen LogP contribution in [-0.4, -0.2) is 49.1 Å². The van der Waals surface area contributed by atoms with Gasteiger partial charge in [-0.2, -0.15) is 0 Å². The van der Waals surface area contributed by atoms with Crippen molar-refractivity contribution in [2.75, 3.05) is 20.2 Å². The van der Waals surface area contributed by atoms with Crippen molar-refractivity contribution in [2.45, 2.75) is 69.9 Å². The lowest BCUT2D eigenvalue weighted by molar-refractivity contribution is -0.143. The molecule has 2 fully saturated rings. The van der Waals surface area contributed by atoms with Gasteiger partial charge in [-0.3, -0.25) is 14.5 Å². The summed E-state index contributed by atoms with van der Waals surface area (Å²) in [7, 11) is 1.42. The van der Waals surface area contributed by atoms with E-state index in [4.69, 9.17) is 4.74 Å². The van der Waals surface area contributed by atoms with Gasteiger partial charge in [0.25, 0.3) is 0 Å². The van der Waals surface area contributed by atoms with Gasteiger partial charge in [-0.1, -0.05) is 25.7 Å². The van der Waals surface area contributed by atoms with E-state index in [2.05, 4.69) is 10.2 Å². The van der Waals surface area contributed by atoms with E-state index in [9.17, 15) is 9.59 Å².